The Morgan fingerprint density at radius 3 is 2.75 bits per heavy atom. The SMILES string of the molecule is COc1ccc(Br)c(C(=O)Nc2nnc(Cc3ccccc3)s2)c1. The van der Waals surface area contributed by atoms with Crippen LogP contribution in [0.15, 0.2) is 53.0 Å². The summed E-state index contributed by atoms with van der Waals surface area (Å²) in [4.78, 5) is 12.4. The van der Waals surface area contributed by atoms with Gasteiger partial charge in [-0.15, -0.1) is 10.2 Å². The van der Waals surface area contributed by atoms with Crippen LogP contribution < -0.4 is 10.1 Å². The van der Waals surface area contributed by atoms with Gasteiger partial charge in [-0.2, -0.15) is 0 Å². The number of hydrogen-bond acceptors (Lipinski definition) is 5. The second-order valence-corrected chi connectivity index (χ2v) is 6.88. The average Bonchev–Trinajstić information content (AvgIpc) is 3.03. The Kier molecular flexibility index (Phi) is 5.22. The number of nitrogens with zero attached hydrogens (tertiary/aromatic N) is 2. The lowest BCUT2D eigenvalue weighted by Gasteiger charge is -2.06. The van der Waals surface area contributed by atoms with Crippen LogP contribution in [0.3, 0.4) is 0 Å². The normalized spacial score (nSPS) is 10.4. The summed E-state index contributed by atoms with van der Waals surface area (Å²) in [5, 5.41) is 12.3. The Bertz CT molecular complexity index is 852. The smallest absolute Gasteiger partial charge is 0.258 e. The van der Waals surface area contributed by atoms with Gasteiger partial charge in [-0.05, 0) is 39.7 Å². The maximum absolute atomic E-state index is 12.4. The molecule has 0 saturated heterocycles. The highest BCUT2D eigenvalue weighted by Gasteiger charge is 2.14. The number of ether oxygens (including phenoxy) is 1. The van der Waals surface area contributed by atoms with Crippen LogP contribution in [-0.2, 0) is 6.42 Å². The zero-order valence-electron chi connectivity index (χ0n) is 12.8. The fraction of sp³-hybridized carbons (Fsp3) is 0.118. The van der Waals surface area contributed by atoms with Crippen molar-refractivity contribution in [3.63, 3.8) is 0 Å². The summed E-state index contributed by atoms with van der Waals surface area (Å²) in [6.07, 6.45) is 0.692. The Hall–Kier alpha value is -2.25. The number of carbonyl (C=O) groups is 1. The molecule has 0 radical (unpaired) electrons. The zero-order valence-corrected chi connectivity index (χ0v) is 15.2. The maximum Gasteiger partial charge on any atom is 0.258 e. The number of methoxy groups -OCH3 is 1. The molecule has 1 N–H and O–H groups in total. The summed E-state index contributed by atoms with van der Waals surface area (Å²) in [5.41, 5.74) is 1.64. The van der Waals surface area contributed by atoms with Gasteiger partial charge >= 0.3 is 0 Å². The molecule has 0 aliphatic rings. The van der Waals surface area contributed by atoms with Crippen LogP contribution >= 0.6 is 27.3 Å². The minimum atomic E-state index is -0.261. The Morgan fingerprint density at radius 1 is 1.21 bits per heavy atom. The predicted molar refractivity (Wildman–Crippen MR) is 97.8 cm³/mol. The highest BCUT2D eigenvalue weighted by atomic mass is 79.9. The van der Waals surface area contributed by atoms with E-state index in [1.807, 2.05) is 30.3 Å². The fourth-order valence-electron chi connectivity index (χ4n) is 2.12. The van der Waals surface area contributed by atoms with Crippen LogP contribution in [0.25, 0.3) is 0 Å². The Balaban J connectivity index is 1.71. The summed E-state index contributed by atoms with van der Waals surface area (Å²) in [5.74, 6) is 0.355. The van der Waals surface area contributed by atoms with E-state index in [2.05, 4.69) is 31.4 Å². The summed E-state index contributed by atoms with van der Waals surface area (Å²) >= 11 is 4.74. The number of rotatable bonds is 5. The maximum atomic E-state index is 12.4. The van der Waals surface area contributed by atoms with Gasteiger partial charge in [-0.25, -0.2) is 0 Å². The number of halogens is 1. The second kappa shape index (κ2) is 7.55. The van der Waals surface area contributed by atoms with E-state index in [1.54, 1.807) is 25.3 Å². The number of hydrogen-bond donors (Lipinski definition) is 1. The Morgan fingerprint density at radius 2 is 2.00 bits per heavy atom. The fourth-order valence-corrected chi connectivity index (χ4v) is 3.31. The molecule has 24 heavy (non-hydrogen) atoms. The van der Waals surface area contributed by atoms with Gasteiger partial charge in [0.05, 0.1) is 12.7 Å². The van der Waals surface area contributed by atoms with Gasteiger partial charge in [0.1, 0.15) is 10.8 Å². The molecule has 0 aliphatic heterocycles. The van der Waals surface area contributed by atoms with E-state index in [0.717, 1.165) is 10.6 Å². The van der Waals surface area contributed by atoms with Crippen LogP contribution in [-0.4, -0.2) is 23.2 Å². The number of aromatic nitrogens is 2. The zero-order chi connectivity index (χ0) is 16.9. The second-order valence-electron chi connectivity index (χ2n) is 4.96. The topological polar surface area (TPSA) is 64.1 Å². The molecule has 7 heteroatoms. The number of nitrogens with one attached hydrogen (secondary N) is 1. The average molecular weight is 404 g/mol. The largest absolute Gasteiger partial charge is 0.497 e. The van der Waals surface area contributed by atoms with Crippen LogP contribution in [0.5, 0.6) is 5.75 Å². The first-order chi connectivity index (χ1) is 11.7. The van der Waals surface area contributed by atoms with Crippen LogP contribution in [0.2, 0.25) is 0 Å². The summed E-state index contributed by atoms with van der Waals surface area (Å²) < 4.78 is 5.84. The number of benzene rings is 2. The first-order valence-corrected chi connectivity index (χ1v) is 8.78. The van der Waals surface area contributed by atoms with E-state index in [4.69, 9.17) is 4.74 Å². The van der Waals surface area contributed by atoms with Crippen molar-refractivity contribution >= 4 is 38.3 Å². The summed E-state index contributed by atoms with van der Waals surface area (Å²) in [7, 11) is 1.56. The minimum absolute atomic E-state index is 0.261. The van der Waals surface area contributed by atoms with Crippen molar-refractivity contribution in [2.75, 3.05) is 12.4 Å². The third-order valence-electron chi connectivity index (χ3n) is 3.30. The molecule has 3 rings (SSSR count). The van der Waals surface area contributed by atoms with Crippen molar-refractivity contribution in [2.45, 2.75) is 6.42 Å². The summed E-state index contributed by atoms with van der Waals surface area (Å²) in [6, 6.07) is 15.2. The van der Waals surface area contributed by atoms with Gasteiger partial charge in [0.15, 0.2) is 0 Å². The third-order valence-corrected chi connectivity index (χ3v) is 4.83. The first-order valence-electron chi connectivity index (χ1n) is 7.17. The highest BCUT2D eigenvalue weighted by molar-refractivity contribution is 9.10. The van der Waals surface area contributed by atoms with Crippen LogP contribution in [0.1, 0.15) is 20.9 Å². The van der Waals surface area contributed by atoms with Crippen molar-refractivity contribution in [3.8, 4) is 5.75 Å². The lowest BCUT2D eigenvalue weighted by Crippen LogP contribution is -2.12. The predicted octanol–water partition coefficient (Wildman–Crippen LogP) is 4.15. The van der Waals surface area contributed by atoms with E-state index in [1.165, 1.54) is 11.3 Å². The molecule has 0 atom stereocenters. The van der Waals surface area contributed by atoms with Crippen molar-refractivity contribution in [1.82, 2.24) is 10.2 Å². The molecule has 2 aromatic carbocycles. The lowest BCUT2D eigenvalue weighted by molar-refractivity contribution is 0.102. The van der Waals surface area contributed by atoms with E-state index >= 15 is 0 Å². The van der Waals surface area contributed by atoms with Crippen molar-refractivity contribution in [2.24, 2.45) is 0 Å². The van der Waals surface area contributed by atoms with Gasteiger partial charge in [-0.1, -0.05) is 41.7 Å². The van der Waals surface area contributed by atoms with Gasteiger partial charge in [0.2, 0.25) is 5.13 Å². The lowest BCUT2D eigenvalue weighted by atomic mass is 10.2. The molecule has 0 saturated carbocycles. The van der Waals surface area contributed by atoms with Gasteiger partial charge in [0, 0.05) is 10.9 Å². The quantitative estimate of drug-likeness (QED) is 0.694. The van der Waals surface area contributed by atoms with Crippen molar-refractivity contribution in [1.29, 1.82) is 0 Å². The summed E-state index contributed by atoms with van der Waals surface area (Å²) in [6.45, 7) is 0. The Labute approximate surface area is 151 Å². The van der Waals surface area contributed by atoms with Crippen molar-refractivity contribution in [3.05, 3.63) is 69.1 Å². The van der Waals surface area contributed by atoms with Gasteiger partial charge in [-0.3, -0.25) is 10.1 Å². The first kappa shape index (κ1) is 16.6. The van der Waals surface area contributed by atoms with E-state index in [9.17, 15) is 4.79 Å². The molecule has 0 unspecified atom stereocenters. The molecule has 1 aromatic heterocycles. The highest BCUT2D eigenvalue weighted by Crippen LogP contribution is 2.25. The number of carbonyl (C=O) groups excluding carboxylic acids is 1. The molecule has 0 fully saturated rings. The molecular weight excluding hydrogens is 390 g/mol. The van der Waals surface area contributed by atoms with Crippen LogP contribution in [0, 0.1) is 0 Å². The van der Waals surface area contributed by atoms with E-state index in [0.29, 0.717) is 27.3 Å². The molecular formula is C17H14BrN3O2S. The van der Waals surface area contributed by atoms with Gasteiger partial charge in [0.25, 0.3) is 5.91 Å². The molecule has 3 aromatic rings. The van der Waals surface area contributed by atoms with E-state index < -0.39 is 0 Å². The monoisotopic (exact) mass is 403 g/mol. The molecule has 0 spiro atoms. The third kappa shape index (κ3) is 3.98. The number of amides is 1. The molecule has 0 bridgehead atoms. The van der Waals surface area contributed by atoms with Crippen molar-refractivity contribution < 1.29 is 9.53 Å². The number of anilines is 1. The molecule has 1 heterocycles. The van der Waals surface area contributed by atoms with Gasteiger partial charge < -0.3 is 4.74 Å². The molecule has 1 amide bonds. The molecule has 0 aliphatic carbocycles. The van der Waals surface area contributed by atoms with E-state index in [-0.39, 0.29) is 5.91 Å². The molecule has 5 nitrogen and oxygen atoms in total. The standard InChI is InChI=1S/C17H14BrN3O2S/c1-23-12-7-8-14(18)13(10-12)16(22)19-17-21-20-15(24-17)9-11-5-3-2-4-6-11/h2-8,10H,9H2,1H3,(H,19,21,22). The molecule has 122 valence electrons. The van der Waals surface area contributed by atoms with Crippen LogP contribution in [0.4, 0.5) is 5.13 Å². The minimum Gasteiger partial charge on any atom is -0.497 e.